The number of nitrogens with two attached hydrogens (primary N) is 1. The van der Waals surface area contributed by atoms with Crippen molar-refractivity contribution in [1.82, 2.24) is 0 Å². The number of primary amides is 1. The van der Waals surface area contributed by atoms with E-state index >= 15 is 0 Å². The SMILES string of the molecule is NC(=O)COC(=O)c1cc(Br)ccc1F. The van der Waals surface area contributed by atoms with Gasteiger partial charge in [0.15, 0.2) is 6.61 Å². The Morgan fingerprint density at radius 1 is 1.47 bits per heavy atom. The Labute approximate surface area is 93.3 Å². The number of esters is 1. The van der Waals surface area contributed by atoms with E-state index in [9.17, 15) is 14.0 Å². The van der Waals surface area contributed by atoms with Crippen LogP contribution < -0.4 is 5.73 Å². The van der Waals surface area contributed by atoms with Gasteiger partial charge < -0.3 is 10.5 Å². The summed E-state index contributed by atoms with van der Waals surface area (Å²) in [6.07, 6.45) is 0. The number of carbonyl (C=O) groups is 2. The number of benzene rings is 1. The van der Waals surface area contributed by atoms with E-state index in [4.69, 9.17) is 5.73 Å². The Hall–Kier alpha value is -1.43. The summed E-state index contributed by atoms with van der Waals surface area (Å²) < 4.78 is 18.1. The van der Waals surface area contributed by atoms with Gasteiger partial charge in [-0.1, -0.05) is 15.9 Å². The number of hydrogen-bond donors (Lipinski definition) is 1. The highest BCUT2D eigenvalue weighted by Gasteiger charge is 2.14. The molecule has 0 aliphatic rings. The van der Waals surface area contributed by atoms with Gasteiger partial charge in [-0.25, -0.2) is 9.18 Å². The molecule has 0 saturated heterocycles. The molecule has 0 bridgehead atoms. The van der Waals surface area contributed by atoms with Crippen LogP contribution in [0.3, 0.4) is 0 Å². The minimum Gasteiger partial charge on any atom is -0.452 e. The molecule has 1 aromatic carbocycles. The largest absolute Gasteiger partial charge is 0.452 e. The van der Waals surface area contributed by atoms with Crippen molar-refractivity contribution in [2.24, 2.45) is 5.73 Å². The van der Waals surface area contributed by atoms with Crippen LogP contribution in [0.1, 0.15) is 10.4 Å². The van der Waals surface area contributed by atoms with Crippen molar-refractivity contribution >= 4 is 27.8 Å². The van der Waals surface area contributed by atoms with Crippen molar-refractivity contribution < 1.29 is 18.7 Å². The van der Waals surface area contributed by atoms with Crippen molar-refractivity contribution in [3.8, 4) is 0 Å². The van der Waals surface area contributed by atoms with Crippen LogP contribution in [0.2, 0.25) is 0 Å². The third-order valence-corrected chi connectivity index (χ3v) is 1.99. The summed E-state index contributed by atoms with van der Waals surface area (Å²) in [6, 6.07) is 3.82. The molecule has 6 heteroatoms. The maximum absolute atomic E-state index is 13.1. The predicted molar refractivity (Wildman–Crippen MR) is 53.6 cm³/mol. The summed E-state index contributed by atoms with van der Waals surface area (Å²) >= 11 is 3.08. The molecule has 15 heavy (non-hydrogen) atoms. The number of ether oxygens (including phenoxy) is 1. The fourth-order valence-electron chi connectivity index (χ4n) is 0.868. The molecule has 0 radical (unpaired) electrons. The molecule has 0 aliphatic carbocycles. The van der Waals surface area contributed by atoms with Crippen LogP contribution >= 0.6 is 15.9 Å². The summed E-state index contributed by atoms with van der Waals surface area (Å²) in [5, 5.41) is 0. The first-order valence-corrected chi connectivity index (χ1v) is 4.70. The van der Waals surface area contributed by atoms with Crippen LogP contribution in [0.15, 0.2) is 22.7 Å². The maximum Gasteiger partial charge on any atom is 0.341 e. The van der Waals surface area contributed by atoms with Crippen LogP contribution in [0, 0.1) is 5.82 Å². The van der Waals surface area contributed by atoms with Gasteiger partial charge in [-0.15, -0.1) is 0 Å². The number of amides is 1. The van der Waals surface area contributed by atoms with Crippen LogP contribution in [-0.4, -0.2) is 18.5 Å². The van der Waals surface area contributed by atoms with Crippen molar-refractivity contribution in [2.75, 3.05) is 6.61 Å². The monoisotopic (exact) mass is 275 g/mol. The molecule has 0 aliphatic heterocycles. The normalized spacial score (nSPS) is 9.73. The van der Waals surface area contributed by atoms with Gasteiger partial charge >= 0.3 is 5.97 Å². The van der Waals surface area contributed by atoms with Gasteiger partial charge in [0.05, 0.1) is 5.56 Å². The van der Waals surface area contributed by atoms with E-state index in [2.05, 4.69) is 20.7 Å². The van der Waals surface area contributed by atoms with E-state index in [-0.39, 0.29) is 5.56 Å². The predicted octanol–water partition coefficient (Wildman–Crippen LogP) is 1.23. The summed E-state index contributed by atoms with van der Waals surface area (Å²) in [7, 11) is 0. The molecular weight excluding hydrogens is 269 g/mol. The molecule has 0 aromatic heterocycles. The maximum atomic E-state index is 13.1. The van der Waals surface area contributed by atoms with Crippen molar-refractivity contribution in [2.45, 2.75) is 0 Å². The third-order valence-electron chi connectivity index (χ3n) is 1.49. The second kappa shape index (κ2) is 4.88. The molecule has 0 spiro atoms. The zero-order valence-corrected chi connectivity index (χ0v) is 9.08. The Balaban J connectivity index is 2.81. The van der Waals surface area contributed by atoms with Gasteiger partial charge in [0, 0.05) is 4.47 Å². The van der Waals surface area contributed by atoms with Crippen LogP contribution in [0.25, 0.3) is 0 Å². The minimum absolute atomic E-state index is 0.245. The second-order valence-corrected chi connectivity index (χ2v) is 3.58. The molecule has 0 heterocycles. The lowest BCUT2D eigenvalue weighted by atomic mass is 10.2. The molecule has 1 amide bonds. The van der Waals surface area contributed by atoms with E-state index in [1.54, 1.807) is 0 Å². The highest BCUT2D eigenvalue weighted by Crippen LogP contribution is 2.16. The van der Waals surface area contributed by atoms with E-state index in [0.717, 1.165) is 6.07 Å². The highest BCUT2D eigenvalue weighted by atomic mass is 79.9. The highest BCUT2D eigenvalue weighted by molar-refractivity contribution is 9.10. The molecule has 0 fully saturated rings. The number of carbonyl (C=O) groups excluding carboxylic acids is 2. The Bertz CT molecular complexity index is 408. The smallest absolute Gasteiger partial charge is 0.341 e. The first kappa shape index (κ1) is 11.6. The average Bonchev–Trinajstić information content (AvgIpc) is 2.18. The zero-order valence-electron chi connectivity index (χ0n) is 7.50. The fourth-order valence-corrected chi connectivity index (χ4v) is 1.23. The molecule has 0 unspecified atom stereocenters. The summed E-state index contributed by atoms with van der Waals surface area (Å²) in [5.41, 5.74) is 4.52. The molecule has 1 rings (SSSR count). The second-order valence-electron chi connectivity index (χ2n) is 2.67. The van der Waals surface area contributed by atoms with Crippen LogP contribution in [0.4, 0.5) is 4.39 Å². The van der Waals surface area contributed by atoms with E-state index in [1.165, 1.54) is 12.1 Å². The fraction of sp³-hybridized carbons (Fsp3) is 0.111. The Morgan fingerprint density at radius 3 is 2.73 bits per heavy atom. The van der Waals surface area contributed by atoms with Crippen LogP contribution in [0.5, 0.6) is 0 Å². The average molecular weight is 276 g/mol. The molecule has 80 valence electrons. The van der Waals surface area contributed by atoms with Gasteiger partial charge in [0.2, 0.25) is 0 Å². The standard InChI is InChI=1S/C9H7BrFNO3/c10-5-1-2-7(11)6(3-5)9(14)15-4-8(12)13/h1-3H,4H2,(H2,12,13). The third kappa shape index (κ3) is 3.32. The molecule has 2 N–H and O–H groups in total. The summed E-state index contributed by atoms with van der Waals surface area (Å²) in [4.78, 5) is 21.6. The lowest BCUT2D eigenvalue weighted by Gasteiger charge is -2.03. The first-order chi connectivity index (χ1) is 7.00. The molecular formula is C9H7BrFNO3. The molecule has 0 atom stereocenters. The van der Waals surface area contributed by atoms with Gasteiger partial charge in [0.1, 0.15) is 5.82 Å². The summed E-state index contributed by atoms with van der Waals surface area (Å²) in [6.45, 7) is -0.565. The Kier molecular flexibility index (Phi) is 3.79. The number of rotatable bonds is 3. The quantitative estimate of drug-likeness (QED) is 0.844. The van der Waals surface area contributed by atoms with Gasteiger partial charge in [-0.3, -0.25) is 4.79 Å². The lowest BCUT2D eigenvalue weighted by Crippen LogP contribution is -2.21. The van der Waals surface area contributed by atoms with Crippen LogP contribution in [-0.2, 0) is 9.53 Å². The molecule has 4 nitrogen and oxygen atoms in total. The topological polar surface area (TPSA) is 69.4 Å². The first-order valence-electron chi connectivity index (χ1n) is 3.91. The number of halogens is 2. The van der Waals surface area contributed by atoms with E-state index in [0.29, 0.717) is 4.47 Å². The number of hydrogen-bond acceptors (Lipinski definition) is 3. The Morgan fingerprint density at radius 2 is 2.13 bits per heavy atom. The van der Waals surface area contributed by atoms with Gasteiger partial charge in [-0.2, -0.15) is 0 Å². The van der Waals surface area contributed by atoms with Gasteiger partial charge in [-0.05, 0) is 18.2 Å². The lowest BCUT2D eigenvalue weighted by molar-refractivity contribution is -0.121. The molecule has 0 saturated carbocycles. The van der Waals surface area contributed by atoms with E-state index < -0.39 is 24.3 Å². The minimum atomic E-state index is -0.924. The van der Waals surface area contributed by atoms with Crippen molar-refractivity contribution in [3.05, 3.63) is 34.1 Å². The van der Waals surface area contributed by atoms with E-state index in [1.807, 2.05) is 0 Å². The van der Waals surface area contributed by atoms with Gasteiger partial charge in [0.25, 0.3) is 5.91 Å². The molecule has 1 aromatic rings. The van der Waals surface area contributed by atoms with Crippen molar-refractivity contribution in [1.29, 1.82) is 0 Å². The van der Waals surface area contributed by atoms with Crippen molar-refractivity contribution in [3.63, 3.8) is 0 Å². The summed E-state index contributed by atoms with van der Waals surface area (Å²) in [5.74, 6) is -2.43. The zero-order chi connectivity index (χ0) is 11.4.